The highest BCUT2D eigenvalue weighted by atomic mass is 16.3. The van der Waals surface area contributed by atoms with Crippen LogP contribution >= 0.6 is 0 Å². The molecule has 3 heteroatoms. The van der Waals surface area contributed by atoms with Gasteiger partial charge in [-0.15, -0.1) is 0 Å². The number of nitrogens with one attached hydrogen (secondary N) is 1. The quantitative estimate of drug-likeness (QED) is 0.528. The summed E-state index contributed by atoms with van der Waals surface area (Å²) in [5, 5.41) is 11.2. The van der Waals surface area contributed by atoms with Crippen LogP contribution in [0.3, 0.4) is 0 Å². The van der Waals surface area contributed by atoms with Crippen LogP contribution in [0.15, 0.2) is 0 Å². The Morgan fingerprint density at radius 3 is 3.00 bits per heavy atom. The van der Waals surface area contributed by atoms with Gasteiger partial charge in [0.2, 0.25) is 5.91 Å². The van der Waals surface area contributed by atoms with E-state index in [4.69, 9.17) is 5.11 Å². The van der Waals surface area contributed by atoms with Crippen LogP contribution in [0.1, 0.15) is 12.8 Å². The minimum Gasteiger partial charge on any atom is -0.396 e. The first-order valence-electron chi connectivity index (χ1n) is 3.23. The Labute approximate surface area is 54.1 Å². The lowest BCUT2D eigenvalue weighted by molar-refractivity contribution is -0.122. The molecule has 1 fully saturated rings. The molecular formula is C6H11NO2. The summed E-state index contributed by atoms with van der Waals surface area (Å²) < 4.78 is 0. The maximum atomic E-state index is 10.7. The molecule has 0 bridgehead atoms. The topological polar surface area (TPSA) is 49.3 Å². The molecule has 1 atom stereocenters. The van der Waals surface area contributed by atoms with Gasteiger partial charge in [-0.05, 0) is 12.8 Å². The first-order valence-corrected chi connectivity index (χ1v) is 3.23. The third kappa shape index (κ3) is 1.42. The standard InChI is InChI=1S/C6H11NO2/c8-4-2-5-1-3-7-6(5)9/h5,8H,1-4H2,(H,7,9)/t5-/m0/s1. The van der Waals surface area contributed by atoms with E-state index in [0.717, 1.165) is 13.0 Å². The number of carbonyl (C=O) groups is 1. The van der Waals surface area contributed by atoms with Crippen molar-refractivity contribution in [2.24, 2.45) is 5.92 Å². The number of amides is 1. The van der Waals surface area contributed by atoms with Crippen LogP contribution in [0.5, 0.6) is 0 Å². The SMILES string of the molecule is O=C1NCC[C@H]1CCO. The van der Waals surface area contributed by atoms with E-state index in [1.54, 1.807) is 0 Å². The van der Waals surface area contributed by atoms with Crippen LogP contribution in [0.2, 0.25) is 0 Å². The molecule has 1 heterocycles. The van der Waals surface area contributed by atoms with Crippen molar-refractivity contribution in [2.45, 2.75) is 12.8 Å². The summed E-state index contributed by atoms with van der Waals surface area (Å²) in [4.78, 5) is 10.7. The van der Waals surface area contributed by atoms with Crippen molar-refractivity contribution in [3.05, 3.63) is 0 Å². The predicted octanol–water partition coefficient (Wildman–Crippen LogP) is -0.495. The molecule has 0 saturated carbocycles. The summed E-state index contributed by atoms with van der Waals surface area (Å²) in [7, 11) is 0. The van der Waals surface area contributed by atoms with Gasteiger partial charge in [-0.3, -0.25) is 4.79 Å². The Hall–Kier alpha value is -0.570. The average molecular weight is 129 g/mol. The average Bonchev–Trinajstić information content (AvgIpc) is 2.18. The molecule has 52 valence electrons. The number of rotatable bonds is 2. The van der Waals surface area contributed by atoms with Crippen LogP contribution in [0, 0.1) is 5.92 Å². The van der Waals surface area contributed by atoms with Crippen LogP contribution in [0.25, 0.3) is 0 Å². The highest BCUT2D eigenvalue weighted by molar-refractivity contribution is 5.80. The van der Waals surface area contributed by atoms with Gasteiger partial charge >= 0.3 is 0 Å². The first kappa shape index (κ1) is 6.55. The molecule has 9 heavy (non-hydrogen) atoms. The highest BCUT2D eigenvalue weighted by Crippen LogP contribution is 2.12. The molecule has 1 aliphatic rings. The summed E-state index contributed by atoms with van der Waals surface area (Å²) in [6.45, 7) is 0.904. The van der Waals surface area contributed by atoms with Gasteiger partial charge in [-0.1, -0.05) is 0 Å². The van der Waals surface area contributed by atoms with Crippen molar-refractivity contribution in [2.75, 3.05) is 13.2 Å². The molecule has 0 unspecified atom stereocenters. The van der Waals surface area contributed by atoms with Crippen molar-refractivity contribution in [3.63, 3.8) is 0 Å². The smallest absolute Gasteiger partial charge is 0.223 e. The minimum atomic E-state index is 0.0787. The zero-order chi connectivity index (χ0) is 6.69. The van der Waals surface area contributed by atoms with E-state index in [2.05, 4.69) is 5.32 Å². The monoisotopic (exact) mass is 129 g/mol. The van der Waals surface area contributed by atoms with Gasteiger partial charge in [0.15, 0.2) is 0 Å². The van der Waals surface area contributed by atoms with E-state index >= 15 is 0 Å². The van der Waals surface area contributed by atoms with Gasteiger partial charge in [-0.25, -0.2) is 0 Å². The summed E-state index contributed by atoms with van der Waals surface area (Å²) in [6.07, 6.45) is 1.51. The third-order valence-corrected chi connectivity index (χ3v) is 1.64. The molecule has 1 rings (SSSR count). The largest absolute Gasteiger partial charge is 0.396 e. The van der Waals surface area contributed by atoms with Gasteiger partial charge in [0.25, 0.3) is 0 Å². The Kier molecular flexibility index (Phi) is 2.05. The lowest BCUT2D eigenvalue weighted by atomic mass is 10.1. The molecule has 0 aliphatic carbocycles. The summed E-state index contributed by atoms with van der Waals surface area (Å²) in [6, 6.07) is 0. The normalized spacial score (nSPS) is 26.3. The first-order chi connectivity index (χ1) is 4.34. The fourth-order valence-electron chi connectivity index (χ4n) is 1.08. The van der Waals surface area contributed by atoms with Crippen molar-refractivity contribution in [1.82, 2.24) is 5.32 Å². The van der Waals surface area contributed by atoms with E-state index in [0.29, 0.717) is 6.42 Å². The number of aliphatic hydroxyl groups is 1. The molecule has 0 aromatic rings. The van der Waals surface area contributed by atoms with Gasteiger partial charge in [0.05, 0.1) is 0 Å². The number of carbonyl (C=O) groups excluding carboxylic acids is 1. The maximum Gasteiger partial charge on any atom is 0.223 e. The van der Waals surface area contributed by atoms with Crippen LogP contribution < -0.4 is 5.32 Å². The molecule has 1 aliphatic heterocycles. The van der Waals surface area contributed by atoms with Crippen LogP contribution in [0.4, 0.5) is 0 Å². The second-order valence-corrected chi connectivity index (χ2v) is 2.29. The van der Waals surface area contributed by atoms with Gasteiger partial charge in [-0.2, -0.15) is 0 Å². The Balaban J connectivity index is 2.31. The zero-order valence-corrected chi connectivity index (χ0v) is 5.26. The maximum absolute atomic E-state index is 10.7. The Morgan fingerprint density at radius 2 is 2.56 bits per heavy atom. The second-order valence-electron chi connectivity index (χ2n) is 2.29. The van der Waals surface area contributed by atoms with Gasteiger partial charge in [0.1, 0.15) is 0 Å². The lowest BCUT2D eigenvalue weighted by Gasteiger charge is -2.00. The molecule has 2 N–H and O–H groups in total. The van der Waals surface area contributed by atoms with Gasteiger partial charge in [0, 0.05) is 19.1 Å². The van der Waals surface area contributed by atoms with E-state index < -0.39 is 0 Å². The van der Waals surface area contributed by atoms with E-state index in [9.17, 15) is 4.79 Å². The van der Waals surface area contributed by atoms with Crippen LogP contribution in [-0.4, -0.2) is 24.2 Å². The Bertz CT molecular complexity index is 114. The van der Waals surface area contributed by atoms with Crippen LogP contribution in [-0.2, 0) is 4.79 Å². The van der Waals surface area contributed by atoms with E-state index in [1.165, 1.54) is 0 Å². The molecule has 3 nitrogen and oxygen atoms in total. The van der Waals surface area contributed by atoms with Crippen molar-refractivity contribution < 1.29 is 9.90 Å². The third-order valence-electron chi connectivity index (χ3n) is 1.64. The molecule has 1 amide bonds. The van der Waals surface area contributed by atoms with Crippen molar-refractivity contribution in [3.8, 4) is 0 Å². The number of aliphatic hydroxyl groups excluding tert-OH is 1. The van der Waals surface area contributed by atoms with Crippen molar-refractivity contribution >= 4 is 5.91 Å². The van der Waals surface area contributed by atoms with E-state index in [-0.39, 0.29) is 18.4 Å². The van der Waals surface area contributed by atoms with Gasteiger partial charge < -0.3 is 10.4 Å². The molecule has 1 saturated heterocycles. The molecule has 0 radical (unpaired) electrons. The Morgan fingerprint density at radius 1 is 1.78 bits per heavy atom. The fraction of sp³-hybridized carbons (Fsp3) is 0.833. The van der Waals surface area contributed by atoms with E-state index in [1.807, 2.05) is 0 Å². The second kappa shape index (κ2) is 2.82. The molecule has 0 aromatic heterocycles. The summed E-state index contributed by atoms with van der Waals surface area (Å²) in [5.74, 6) is 0.180. The molecule has 0 aromatic carbocycles. The van der Waals surface area contributed by atoms with Crippen molar-refractivity contribution in [1.29, 1.82) is 0 Å². The fourth-order valence-corrected chi connectivity index (χ4v) is 1.08. The highest BCUT2D eigenvalue weighted by Gasteiger charge is 2.22. The number of hydrogen-bond acceptors (Lipinski definition) is 2. The predicted molar refractivity (Wildman–Crippen MR) is 32.8 cm³/mol. The zero-order valence-electron chi connectivity index (χ0n) is 5.26. The minimum absolute atomic E-state index is 0.0787. The molecular weight excluding hydrogens is 118 g/mol. The summed E-state index contributed by atoms with van der Waals surface area (Å²) >= 11 is 0. The lowest BCUT2D eigenvalue weighted by Crippen LogP contribution is -2.19. The molecule has 0 spiro atoms. The number of hydrogen-bond donors (Lipinski definition) is 2. The summed E-state index contributed by atoms with van der Waals surface area (Å²) in [5.41, 5.74) is 0.